The van der Waals surface area contributed by atoms with Gasteiger partial charge in [0.15, 0.2) is 4.90 Å². The molecule has 1 heterocycles. The second-order valence-electron chi connectivity index (χ2n) is 5.27. The zero-order valence-electron chi connectivity index (χ0n) is 12.9. The third-order valence-electron chi connectivity index (χ3n) is 3.48. The van der Waals surface area contributed by atoms with Crippen LogP contribution < -0.4 is 5.14 Å². The quantitative estimate of drug-likeness (QED) is 0.597. The lowest BCUT2D eigenvalue weighted by molar-refractivity contribution is 0.487. The van der Waals surface area contributed by atoms with Crippen molar-refractivity contribution in [2.45, 2.75) is 4.90 Å². The van der Waals surface area contributed by atoms with Crippen molar-refractivity contribution in [3.8, 4) is 16.9 Å². The molecule has 12 heteroatoms. The van der Waals surface area contributed by atoms with Crippen molar-refractivity contribution < 1.29 is 30.4 Å². The molecular formula is C15H7BrF5N3O2S. The zero-order valence-corrected chi connectivity index (χ0v) is 15.3. The Labute approximate surface area is 157 Å². The monoisotopic (exact) mass is 467 g/mol. The number of hydrogen-bond donors (Lipinski definition) is 1. The highest BCUT2D eigenvalue weighted by Gasteiger charge is 2.27. The lowest BCUT2D eigenvalue weighted by Gasteiger charge is -2.10. The normalized spacial score (nSPS) is 11.8. The third kappa shape index (κ3) is 3.47. The number of benzene rings is 2. The number of rotatable bonds is 3. The molecule has 0 saturated carbocycles. The molecule has 142 valence electrons. The summed E-state index contributed by atoms with van der Waals surface area (Å²) < 4.78 is 93.5. The molecule has 0 amide bonds. The van der Waals surface area contributed by atoms with E-state index in [9.17, 15) is 30.4 Å². The van der Waals surface area contributed by atoms with E-state index in [4.69, 9.17) is 5.14 Å². The first-order chi connectivity index (χ1) is 12.5. The lowest BCUT2D eigenvalue weighted by Crippen LogP contribution is -2.16. The van der Waals surface area contributed by atoms with Crippen molar-refractivity contribution in [2.75, 3.05) is 0 Å². The summed E-state index contributed by atoms with van der Waals surface area (Å²) in [7, 11) is -4.75. The maximum atomic E-state index is 14.2. The number of nitrogens with zero attached hydrogens (tertiary/aromatic N) is 2. The molecule has 0 atom stereocenters. The number of primary sulfonamides is 1. The van der Waals surface area contributed by atoms with Crippen LogP contribution in [-0.2, 0) is 10.0 Å². The number of nitrogens with two attached hydrogens (primary N) is 1. The number of hydrogen-bond acceptors (Lipinski definition) is 3. The van der Waals surface area contributed by atoms with E-state index in [0.717, 1.165) is 12.1 Å². The average Bonchev–Trinajstić information content (AvgIpc) is 2.80. The third-order valence-corrected chi connectivity index (χ3v) is 4.94. The molecule has 0 spiro atoms. The molecule has 0 bridgehead atoms. The van der Waals surface area contributed by atoms with Crippen LogP contribution in [0.5, 0.6) is 0 Å². The SMILES string of the molecule is NS(=O)(=O)c1c(F)cc(-c2c(F)c(F)nn2-c2ccc(Br)cc2F)cc1F. The van der Waals surface area contributed by atoms with Gasteiger partial charge in [-0.05, 0) is 30.3 Å². The molecule has 0 aliphatic rings. The molecular weight excluding hydrogens is 461 g/mol. The van der Waals surface area contributed by atoms with Gasteiger partial charge in [0.25, 0.3) is 5.95 Å². The first-order valence-corrected chi connectivity index (χ1v) is 9.26. The Kier molecular flexibility index (Phi) is 4.82. The van der Waals surface area contributed by atoms with Gasteiger partial charge in [-0.3, -0.25) is 0 Å². The molecule has 27 heavy (non-hydrogen) atoms. The Morgan fingerprint density at radius 2 is 1.56 bits per heavy atom. The standard InChI is InChI=1S/C15H7BrF5N3O2S/c16-7-1-2-11(8(17)5-7)24-13(12(20)15(21)23-24)6-3-9(18)14(10(19)4-6)27(22,25)26/h1-5H,(H2,22,25,26). The van der Waals surface area contributed by atoms with Gasteiger partial charge in [-0.25, -0.2) is 31.4 Å². The van der Waals surface area contributed by atoms with Gasteiger partial charge in [0.05, 0.1) is 0 Å². The largest absolute Gasteiger partial charge is 0.269 e. The van der Waals surface area contributed by atoms with Crippen LogP contribution in [0.15, 0.2) is 39.7 Å². The van der Waals surface area contributed by atoms with Gasteiger partial charge in [-0.2, -0.15) is 8.78 Å². The molecule has 0 unspecified atom stereocenters. The maximum Gasteiger partial charge on any atom is 0.269 e. The molecule has 2 N–H and O–H groups in total. The van der Waals surface area contributed by atoms with E-state index in [1.807, 2.05) is 0 Å². The average molecular weight is 468 g/mol. The van der Waals surface area contributed by atoms with Gasteiger partial charge in [-0.15, -0.1) is 5.10 Å². The van der Waals surface area contributed by atoms with Crippen molar-refractivity contribution >= 4 is 26.0 Å². The van der Waals surface area contributed by atoms with E-state index < -0.39 is 61.1 Å². The van der Waals surface area contributed by atoms with Gasteiger partial charge >= 0.3 is 0 Å². The molecule has 0 saturated heterocycles. The maximum absolute atomic E-state index is 14.2. The molecule has 5 nitrogen and oxygen atoms in total. The summed E-state index contributed by atoms with van der Waals surface area (Å²) in [6.45, 7) is 0. The van der Waals surface area contributed by atoms with Gasteiger partial charge in [0.1, 0.15) is 28.8 Å². The predicted octanol–water partition coefficient (Wildman–Crippen LogP) is 3.64. The van der Waals surface area contributed by atoms with Crippen LogP contribution in [0.25, 0.3) is 16.9 Å². The van der Waals surface area contributed by atoms with Gasteiger partial charge in [0.2, 0.25) is 15.8 Å². The molecule has 1 aromatic heterocycles. The topological polar surface area (TPSA) is 78.0 Å². The molecule has 3 aromatic rings. The van der Waals surface area contributed by atoms with E-state index in [1.165, 1.54) is 6.07 Å². The summed E-state index contributed by atoms with van der Waals surface area (Å²) in [6.07, 6.45) is 0. The van der Waals surface area contributed by atoms with E-state index in [0.29, 0.717) is 21.3 Å². The van der Waals surface area contributed by atoms with Crippen molar-refractivity contribution in [3.05, 3.63) is 64.0 Å². The van der Waals surface area contributed by atoms with E-state index >= 15 is 0 Å². The highest BCUT2D eigenvalue weighted by Crippen LogP contribution is 2.32. The predicted molar refractivity (Wildman–Crippen MR) is 87.9 cm³/mol. The van der Waals surface area contributed by atoms with Crippen LogP contribution in [0, 0.1) is 29.2 Å². The van der Waals surface area contributed by atoms with Crippen LogP contribution in [-0.4, -0.2) is 18.2 Å². The zero-order chi connectivity index (χ0) is 20.1. The first-order valence-electron chi connectivity index (χ1n) is 6.92. The second-order valence-corrected chi connectivity index (χ2v) is 7.69. The van der Waals surface area contributed by atoms with Crippen molar-refractivity contribution in [2.24, 2.45) is 5.14 Å². The van der Waals surface area contributed by atoms with Crippen LogP contribution >= 0.6 is 15.9 Å². The van der Waals surface area contributed by atoms with Crippen molar-refractivity contribution in [1.29, 1.82) is 0 Å². The molecule has 0 aliphatic carbocycles. The fourth-order valence-corrected chi connectivity index (χ4v) is 3.41. The highest BCUT2D eigenvalue weighted by molar-refractivity contribution is 9.10. The molecule has 0 fully saturated rings. The Bertz CT molecular complexity index is 1160. The Balaban J connectivity index is 2.31. The fourth-order valence-electron chi connectivity index (χ4n) is 2.42. The Hall–Kier alpha value is -2.31. The first kappa shape index (κ1) is 19.5. The summed E-state index contributed by atoms with van der Waals surface area (Å²) in [5, 5.41) is 7.93. The van der Waals surface area contributed by atoms with Crippen LogP contribution in [0.2, 0.25) is 0 Å². The lowest BCUT2D eigenvalue weighted by atomic mass is 10.1. The van der Waals surface area contributed by atoms with Crippen LogP contribution in [0.3, 0.4) is 0 Å². The Morgan fingerprint density at radius 1 is 0.963 bits per heavy atom. The van der Waals surface area contributed by atoms with Gasteiger partial charge in [0, 0.05) is 10.0 Å². The Morgan fingerprint density at radius 3 is 2.07 bits per heavy atom. The summed E-state index contributed by atoms with van der Waals surface area (Å²) in [6, 6.07) is 4.32. The van der Waals surface area contributed by atoms with Crippen LogP contribution in [0.4, 0.5) is 22.0 Å². The smallest absolute Gasteiger partial charge is 0.224 e. The summed E-state index contributed by atoms with van der Waals surface area (Å²) in [4.78, 5) is -1.44. The number of halogens is 6. The summed E-state index contributed by atoms with van der Waals surface area (Å²) in [5.41, 5.74) is -1.84. The van der Waals surface area contributed by atoms with E-state index in [-0.39, 0.29) is 0 Å². The van der Waals surface area contributed by atoms with E-state index in [2.05, 4.69) is 21.0 Å². The molecule has 2 aromatic carbocycles. The highest BCUT2D eigenvalue weighted by atomic mass is 79.9. The van der Waals surface area contributed by atoms with Gasteiger partial charge < -0.3 is 0 Å². The molecule has 0 radical (unpaired) electrons. The molecule has 0 aliphatic heterocycles. The summed E-state index contributed by atoms with van der Waals surface area (Å²) >= 11 is 3.01. The van der Waals surface area contributed by atoms with Crippen molar-refractivity contribution in [1.82, 2.24) is 9.78 Å². The van der Waals surface area contributed by atoms with Crippen LogP contribution in [0.1, 0.15) is 0 Å². The summed E-state index contributed by atoms with van der Waals surface area (Å²) in [5.74, 6) is -7.45. The number of sulfonamides is 1. The second kappa shape index (κ2) is 6.69. The fraction of sp³-hybridized carbons (Fsp3) is 0. The minimum atomic E-state index is -4.75. The van der Waals surface area contributed by atoms with Crippen molar-refractivity contribution in [3.63, 3.8) is 0 Å². The minimum Gasteiger partial charge on any atom is -0.224 e. The number of aromatic nitrogens is 2. The minimum absolute atomic E-state index is 0.327. The molecule has 3 rings (SSSR count). The van der Waals surface area contributed by atoms with Gasteiger partial charge in [-0.1, -0.05) is 15.9 Å². The van der Waals surface area contributed by atoms with E-state index in [1.54, 1.807) is 0 Å².